The highest BCUT2D eigenvalue weighted by molar-refractivity contribution is 7.84. The highest BCUT2D eigenvalue weighted by Crippen LogP contribution is 2.25. The molecule has 0 aliphatic carbocycles. The molecule has 0 aliphatic rings. The molecule has 2 aromatic carbocycles. The van der Waals surface area contributed by atoms with Crippen LogP contribution in [-0.4, -0.2) is 39.1 Å². The second-order valence-electron chi connectivity index (χ2n) is 5.35. The Balaban J connectivity index is 2.17. The van der Waals surface area contributed by atoms with Crippen LogP contribution in [0, 0.1) is 0 Å². The van der Waals surface area contributed by atoms with Gasteiger partial charge in [-0.3, -0.25) is 4.79 Å². The summed E-state index contributed by atoms with van der Waals surface area (Å²) in [5, 5.41) is 2.44. The molecule has 146 valence electrons. The van der Waals surface area contributed by atoms with Crippen LogP contribution in [0.15, 0.2) is 48.5 Å². The molecule has 0 atom stereocenters. The molecule has 2 rings (SSSR count). The Morgan fingerprint density at radius 2 is 1.63 bits per heavy atom. The molecule has 1 N–H and O–H groups in total. The summed E-state index contributed by atoms with van der Waals surface area (Å²) in [6.07, 6.45) is -4.82. The molecule has 11 heteroatoms. The van der Waals surface area contributed by atoms with Gasteiger partial charge >= 0.3 is 16.7 Å². The van der Waals surface area contributed by atoms with E-state index < -0.39 is 28.3 Å². The minimum absolute atomic E-state index is 0.0708. The molecule has 1 amide bonds. The minimum atomic E-state index is -4.82. The Labute approximate surface area is 153 Å². The molecule has 7 nitrogen and oxygen atoms in total. The molecule has 0 bridgehead atoms. The largest absolute Gasteiger partial charge is 0.573 e. The standard InChI is InChI=1S/C16H15F3N2O5S/c1-21(2)27(23,24)26-14-6-4-3-5-13(14)15(22)20-11-7-9-12(10-8-11)25-16(17,18)19/h3-10H,1-2H3,(H,20,22). The third-order valence-corrected chi connectivity index (χ3v) is 4.40. The monoisotopic (exact) mass is 404 g/mol. The molecule has 0 radical (unpaired) electrons. The number of nitrogens with one attached hydrogen (secondary N) is 1. The maximum absolute atomic E-state index is 12.4. The van der Waals surface area contributed by atoms with Crippen molar-refractivity contribution >= 4 is 21.9 Å². The van der Waals surface area contributed by atoms with Crippen LogP contribution in [0.4, 0.5) is 18.9 Å². The van der Waals surface area contributed by atoms with E-state index in [-0.39, 0.29) is 17.0 Å². The molecule has 0 aliphatic heterocycles. The van der Waals surface area contributed by atoms with E-state index in [1.807, 2.05) is 0 Å². The lowest BCUT2D eigenvalue weighted by atomic mass is 10.2. The van der Waals surface area contributed by atoms with Crippen molar-refractivity contribution in [2.75, 3.05) is 19.4 Å². The van der Waals surface area contributed by atoms with Gasteiger partial charge in [0.05, 0.1) is 5.56 Å². The quantitative estimate of drug-likeness (QED) is 0.800. The zero-order valence-electron chi connectivity index (χ0n) is 14.1. The van der Waals surface area contributed by atoms with Gasteiger partial charge in [0.15, 0.2) is 5.75 Å². The number of amides is 1. The molecule has 0 aromatic heterocycles. The lowest BCUT2D eigenvalue weighted by Gasteiger charge is -2.15. The first-order valence-corrected chi connectivity index (χ1v) is 8.72. The van der Waals surface area contributed by atoms with Crippen LogP contribution in [-0.2, 0) is 10.3 Å². The lowest BCUT2D eigenvalue weighted by molar-refractivity contribution is -0.274. The topological polar surface area (TPSA) is 84.9 Å². The van der Waals surface area contributed by atoms with Crippen LogP contribution in [0.5, 0.6) is 11.5 Å². The van der Waals surface area contributed by atoms with Crippen LogP contribution < -0.4 is 14.2 Å². The molecule has 2 aromatic rings. The molecule has 0 heterocycles. The number of anilines is 1. The van der Waals surface area contributed by atoms with Crippen LogP contribution in [0.1, 0.15) is 10.4 Å². The van der Waals surface area contributed by atoms with E-state index in [1.54, 1.807) is 0 Å². The molecule has 0 unspecified atom stereocenters. The van der Waals surface area contributed by atoms with Crippen molar-refractivity contribution in [3.8, 4) is 11.5 Å². The average molecular weight is 404 g/mol. The first kappa shape index (κ1) is 20.5. The van der Waals surface area contributed by atoms with E-state index in [4.69, 9.17) is 4.18 Å². The second kappa shape index (κ2) is 7.84. The molecule has 0 fully saturated rings. The first-order chi connectivity index (χ1) is 12.5. The first-order valence-electron chi connectivity index (χ1n) is 7.36. The van der Waals surface area contributed by atoms with E-state index in [1.165, 1.54) is 50.5 Å². The predicted octanol–water partition coefficient (Wildman–Crippen LogP) is 3.02. The fourth-order valence-electron chi connectivity index (χ4n) is 1.85. The van der Waals surface area contributed by atoms with Crippen molar-refractivity contribution in [1.82, 2.24) is 4.31 Å². The number of para-hydroxylation sites is 1. The van der Waals surface area contributed by atoms with Gasteiger partial charge in [-0.05, 0) is 36.4 Å². The van der Waals surface area contributed by atoms with Gasteiger partial charge in [0.1, 0.15) is 5.75 Å². The summed E-state index contributed by atoms with van der Waals surface area (Å²) in [5.74, 6) is -1.34. The number of hydrogen-bond donors (Lipinski definition) is 1. The highest BCUT2D eigenvalue weighted by atomic mass is 32.2. The maximum atomic E-state index is 12.4. The number of rotatable bonds is 6. The second-order valence-corrected chi connectivity index (χ2v) is 7.10. The van der Waals surface area contributed by atoms with Crippen molar-refractivity contribution in [3.05, 3.63) is 54.1 Å². The van der Waals surface area contributed by atoms with Crippen molar-refractivity contribution in [2.45, 2.75) is 6.36 Å². The van der Waals surface area contributed by atoms with Crippen molar-refractivity contribution in [1.29, 1.82) is 0 Å². The number of alkyl halides is 3. The Morgan fingerprint density at radius 1 is 1.04 bits per heavy atom. The number of halogens is 3. The van der Waals surface area contributed by atoms with E-state index in [0.717, 1.165) is 16.4 Å². The summed E-state index contributed by atoms with van der Waals surface area (Å²) in [6.45, 7) is 0. The van der Waals surface area contributed by atoms with Gasteiger partial charge in [-0.25, -0.2) is 0 Å². The Kier molecular flexibility index (Phi) is 5.96. The van der Waals surface area contributed by atoms with Gasteiger partial charge in [-0.15, -0.1) is 13.2 Å². The zero-order chi connectivity index (χ0) is 20.2. The molecular weight excluding hydrogens is 389 g/mol. The van der Waals surface area contributed by atoms with Crippen molar-refractivity contribution in [2.24, 2.45) is 0 Å². The lowest BCUT2D eigenvalue weighted by Crippen LogP contribution is -2.28. The SMILES string of the molecule is CN(C)S(=O)(=O)Oc1ccccc1C(=O)Nc1ccc(OC(F)(F)F)cc1. The minimum Gasteiger partial charge on any atom is -0.406 e. The number of ether oxygens (including phenoxy) is 1. The van der Waals surface area contributed by atoms with Crippen LogP contribution in [0.3, 0.4) is 0 Å². The van der Waals surface area contributed by atoms with E-state index in [9.17, 15) is 26.4 Å². The highest BCUT2D eigenvalue weighted by Gasteiger charge is 2.31. The number of benzene rings is 2. The molecular formula is C16H15F3N2O5S. The normalized spacial score (nSPS) is 11.9. The third-order valence-electron chi connectivity index (χ3n) is 3.12. The molecule has 0 saturated carbocycles. The number of nitrogens with zero attached hydrogens (tertiary/aromatic N) is 1. The Bertz CT molecular complexity index is 912. The average Bonchev–Trinajstić information content (AvgIpc) is 2.55. The molecule has 0 saturated heterocycles. The summed E-state index contributed by atoms with van der Waals surface area (Å²) in [5.41, 5.74) is 0.110. The summed E-state index contributed by atoms with van der Waals surface area (Å²) < 4.78 is 69.6. The Hall–Kier alpha value is -2.79. The van der Waals surface area contributed by atoms with Crippen LogP contribution >= 0.6 is 0 Å². The fourth-order valence-corrected chi connectivity index (χ4v) is 2.37. The molecule has 27 heavy (non-hydrogen) atoms. The molecule has 0 spiro atoms. The van der Waals surface area contributed by atoms with Gasteiger partial charge in [-0.2, -0.15) is 12.7 Å². The van der Waals surface area contributed by atoms with Gasteiger partial charge in [-0.1, -0.05) is 12.1 Å². The predicted molar refractivity (Wildman–Crippen MR) is 90.8 cm³/mol. The zero-order valence-corrected chi connectivity index (χ0v) is 15.0. The Morgan fingerprint density at radius 3 is 2.19 bits per heavy atom. The fraction of sp³-hybridized carbons (Fsp3) is 0.188. The van der Waals surface area contributed by atoms with E-state index >= 15 is 0 Å². The van der Waals surface area contributed by atoms with Crippen LogP contribution in [0.25, 0.3) is 0 Å². The van der Waals surface area contributed by atoms with Gasteiger partial charge in [0, 0.05) is 19.8 Å². The van der Waals surface area contributed by atoms with Crippen LogP contribution in [0.2, 0.25) is 0 Å². The third kappa shape index (κ3) is 5.86. The summed E-state index contributed by atoms with van der Waals surface area (Å²) in [7, 11) is -1.54. The number of hydrogen-bond acceptors (Lipinski definition) is 5. The van der Waals surface area contributed by atoms with Crippen molar-refractivity contribution < 1.29 is 35.3 Å². The summed E-state index contributed by atoms with van der Waals surface area (Å²) in [4.78, 5) is 12.4. The summed E-state index contributed by atoms with van der Waals surface area (Å²) in [6, 6.07) is 10.1. The number of carbonyl (C=O) groups is 1. The number of carbonyl (C=O) groups excluding carboxylic acids is 1. The van der Waals surface area contributed by atoms with Crippen molar-refractivity contribution in [3.63, 3.8) is 0 Å². The summed E-state index contributed by atoms with van der Waals surface area (Å²) >= 11 is 0. The van der Waals surface area contributed by atoms with Gasteiger partial charge in [0.25, 0.3) is 5.91 Å². The van der Waals surface area contributed by atoms with Gasteiger partial charge in [0.2, 0.25) is 0 Å². The van der Waals surface area contributed by atoms with E-state index in [0.29, 0.717) is 0 Å². The van der Waals surface area contributed by atoms with E-state index in [2.05, 4.69) is 10.1 Å². The van der Waals surface area contributed by atoms with Gasteiger partial charge < -0.3 is 14.2 Å². The maximum Gasteiger partial charge on any atom is 0.573 e. The smallest absolute Gasteiger partial charge is 0.406 e.